The average Bonchev–Trinajstić information content (AvgIpc) is 2.30. The van der Waals surface area contributed by atoms with Gasteiger partial charge in [-0.15, -0.1) is 0 Å². The fourth-order valence-corrected chi connectivity index (χ4v) is 0.932. The Balaban J connectivity index is 3.10. The molecule has 0 radical (unpaired) electrons. The predicted octanol–water partition coefficient (Wildman–Crippen LogP) is 0.651. The van der Waals surface area contributed by atoms with Gasteiger partial charge >= 0.3 is 0 Å². The first kappa shape index (κ1) is 7.78. The van der Waals surface area contributed by atoms with Crippen LogP contribution in [0.3, 0.4) is 0 Å². The van der Waals surface area contributed by atoms with Crippen LogP contribution in [0.15, 0.2) is 4.52 Å². The lowest BCUT2D eigenvalue weighted by Gasteiger charge is -1.95. The van der Waals surface area contributed by atoms with Crippen molar-refractivity contribution in [3.05, 3.63) is 17.0 Å². The largest absolute Gasteiger partial charge is 0.361 e. The lowest BCUT2D eigenvalue weighted by Crippen LogP contribution is -2.18. The Morgan fingerprint density at radius 2 is 2.18 bits per heavy atom. The highest BCUT2D eigenvalue weighted by Gasteiger charge is 2.15. The number of aromatic nitrogens is 1. The van der Waals surface area contributed by atoms with Crippen LogP contribution in [0.4, 0.5) is 0 Å². The predicted molar refractivity (Wildman–Crippen MR) is 39.4 cm³/mol. The zero-order chi connectivity index (χ0) is 8.43. The van der Waals surface area contributed by atoms with Crippen molar-refractivity contribution in [1.82, 2.24) is 10.5 Å². The van der Waals surface area contributed by atoms with E-state index in [1.807, 2.05) is 0 Å². The van der Waals surface area contributed by atoms with Gasteiger partial charge in [0.05, 0.1) is 5.69 Å². The third kappa shape index (κ3) is 1.24. The van der Waals surface area contributed by atoms with Gasteiger partial charge in [-0.25, -0.2) is 0 Å². The van der Waals surface area contributed by atoms with Crippen molar-refractivity contribution >= 4 is 5.91 Å². The number of amides is 1. The number of rotatable bonds is 1. The molecule has 0 unspecified atom stereocenters. The molecule has 1 aromatic rings. The van der Waals surface area contributed by atoms with E-state index in [1.54, 1.807) is 20.9 Å². The molecule has 60 valence electrons. The number of carbonyl (C=O) groups is 1. The van der Waals surface area contributed by atoms with Gasteiger partial charge in [-0.05, 0) is 13.8 Å². The van der Waals surface area contributed by atoms with E-state index in [2.05, 4.69) is 10.5 Å². The summed E-state index contributed by atoms with van der Waals surface area (Å²) in [5.74, 6) is 0.406. The van der Waals surface area contributed by atoms with Gasteiger partial charge < -0.3 is 9.84 Å². The summed E-state index contributed by atoms with van der Waals surface area (Å²) in [4.78, 5) is 11.1. The minimum absolute atomic E-state index is 0.152. The molecule has 0 saturated carbocycles. The van der Waals surface area contributed by atoms with Crippen molar-refractivity contribution in [2.24, 2.45) is 0 Å². The summed E-state index contributed by atoms with van der Waals surface area (Å²) >= 11 is 0. The fraction of sp³-hybridized carbons (Fsp3) is 0.429. The molecule has 1 N–H and O–H groups in total. The standard InChI is InChI=1S/C7H10N2O2/c1-4-6(7(10)8-3)5(2)11-9-4/h1-3H3,(H,8,10). The number of nitrogens with one attached hydrogen (secondary N) is 1. The van der Waals surface area contributed by atoms with Crippen molar-refractivity contribution in [2.75, 3.05) is 7.05 Å². The van der Waals surface area contributed by atoms with E-state index in [-0.39, 0.29) is 5.91 Å². The van der Waals surface area contributed by atoms with Crippen LogP contribution in [0, 0.1) is 13.8 Å². The van der Waals surface area contributed by atoms with Gasteiger partial charge in [0.2, 0.25) is 0 Å². The molecule has 4 nitrogen and oxygen atoms in total. The molecular formula is C7H10N2O2. The second-order valence-electron chi connectivity index (χ2n) is 2.28. The third-order valence-corrected chi connectivity index (χ3v) is 1.49. The number of aryl methyl sites for hydroxylation is 2. The lowest BCUT2D eigenvalue weighted by molar-refractivity contribution is 0.0961. The summed E-state index contributed by atoms with van der Waals surface area (Å²) in [5.41, 5.74) is 1.16. The van der Waals surface area contributed by atoms with Gasteiger partial charge in [0.25, 0.3) is 5.91 Å². The Morgan fingerprint density at radius 3 is 2.55 bits per heavy atom. The first-order valence-electron chi connectivity index (χ1n) is 3.31. The second-order valence-corrected chi connectivity index (χ2v) is 2.28. The van der Waals surface area contributed by atoms with Crippen molar-refractivity contribution in [3.8, 4) is 0 Å². The Labute approximate surface area is 64.6 Å². The molecular weight excluding hydrogens is 144 g/mol. The Hall–Kier alpha value is -1.32. The van der Waals surface area contributed by atoms with Crippen molar-refractivity contribution in [2.45, 2.75) is 13.8 Å². The number of carbonyl (C=O) groups excluding carboxylic acids is 1. The second kappa shape index (κ2) is 2.74. The van der Waals surface area contributed by atoms with Crippen molar-refractivity contribution in [1.29, 1.82) is 0 Å². The molecule has 1 amide bonds. The van der Waals surface area contributed by atoms with Crippen LogP contribution in [-0.2, 0) is 0 Å². The molecule has 0 spiro atoms. The van der Waals surface area contributed by atoms with Crippen LogP contribution in [0.5, 0.6) is 0 Å². The van der Waals surface area contributed by atoms with Crippen LogP contribution in [-0.4, -0.2) is 18.1 Å². The highest BCUT2D eigenvalue weighted by molar-refractivity contribution is 5.95. The first-order chi connectivity index (χ1) is 5.16. The van der Waals surface area contributed by atoms with Gasteiger partial charge in [-0.2, -0.15) is 0 Å². The quantitative estimate of drug-likeness (QED) is 0.646. The summed E-state index contributed by atoms with van der Waals surface area (Å²) in [6, 6.07) is 0. The van der Waals surface area contributed by atoms with E-state index in [4.69, 9.17) is 4.52 Å². The fourth-order valence-electron chi connectivity index (χ4n) is 0.932. The van der Waals surface area contributed by atoms with Crippen LogP contribution < -0.4 is 5.32 Å². The van der Waals surface area contributed by atoms with Gasteiger partial charge in [-0.3, -0.25) is 4.79 Å². The van der Waals surface area contributed by atoms with Crippen LogP contribution in [0.1, 0.15) is 21.8 Å². The maximum atomic E-state index is 11.1. The zero-order valence-electron chi connectivity index (χ0n) is 6.76. The van der Waals surface area contributed by atoms with E-state index in [9.17, 15) is 4.79 Å². The van der Waals surface area contributed by atoms with E-state index in [0.717, 1.165) is 0 Å². The SMILES string of the molecule is CNC(=O)c1c(C)noc1C. The van der Waals surface area contributed by atoms with Gasteiger partial charge in [0.1, 0.15) is 11.3 Å². The van der Waals surface area contributed by atoms with E-state index in [1.165, 1.54) is 0 Å². The highest BCUT2D eigenvalue weighted by Crippen LogP contribution is 2.10. The molecule has 0 saturated heterocycles. The van der Waals surface area contributed by atoms with E-state index in [0.29, 0.717) is 17.0 Å². The molecule has 1 rings (SSSR count). The molecule has 0 aliphatic carbocycles. The number of hydrogen-bond acceptors (Lipinski definition) is 3. The van der Waals surface area contributed by atoms with Gasteiger partial charge in [0, 0.05) is 7.05 Å². The Kier molecular flexibility index (Phi) is 1.94. The van der Waals surface area contributed by atoms with Crippen LogP contribution in [0.2, 0.25) is 0 Å². The molecule has 0 aromatic carbocycles. The summed E-state index contributed by atoms with van der Waals surface area (Å²) in [6.45, 7) is 3.45. The smallest absolute Gasteiger partial charge is 0.256 e. The maximum absolute atomic E-state index is 11.1. The molecule has 0 aliphatic heterocycles. The zero-order valence-corrected chi connectivity index (χ0v) is 6.76. The molecule has 1 aromatic heterocycles. The molecule has 11 heavy (non-hydrogen) atoms. The van der Waals surface area contributed by atoms with Gasteiger partial charge in [-0.1, -0.05) is 5.16 Å². The normalized spacial score (nSPS) is 9.73. The van der Waals surface area contributed by atoms with Crippen LogP contribution >= 0.6 is 0 Å². The minimum Gasteiger partial charge on any atom is -0.361 e. The molecule has 0 atom stereocenters. The molecule has 0 aliphatic rings. The van der Waals surface area contributed by atoms with Crippen LogP contribution in [0.25, 0.3) is 0 Å². The van der Waals surface area contributed by atoms with E-state index >= 15 is 0 Å². The maximum Gasteiger partial charge on any atom is 0.256 e. The lowest BCUT2D eigenvalue weighted by atomic mass is 10.2. The topological polar surface area (TPSA) is 55.1 Å². The number of nitrogens with zero attached hydrogens (tertiary/aromatic N) is 1. The van der Waals surface area contributed by atoms with E-state index < -0.39 is 0 Å². The average molecular weight is 154 g/mol. The number of hydrogen-bond donors (Lipinski definition) is 1. The minimum atomic E-state index is -0.152. The monoisotopic (exact) mass is 154 g/mol. The molecule has 0 fully saturated rings. The Bertz CT molecular complexity index is 258. The molecule has 1 heterocycles. The summed E-state index contributed by atoms with van der Waals surface area (Å²) < 4.78 is 4.81. The summed E-state index contributed by atoms with van der Waals surface area (Å²) in [5, 5.41) is 6.16. The third-order valence-electron chi connectivity index (χ3n) is 1.49. The highest BCUT2D eigenvalue weighted by atomic mass is 16.5. The van der Waals surface area contributed by atoms with Crippen molar-refractivity contribution < 1.29 is 9.32 Å². The van der Waals surface area contributed by atoms with Crippen molar-refractivity contribution in [3.63, 3.8) is 0 Å². The first-order valence-corrected chi connectivity index (χ1v) is 3.31. The molecule has 4 heteroatoms. The summed E-state index contributed by atoms with van der Waals surface area (Å²) in [6.07, 6.45) is 0. The summed E-state index contributed by atoms with van der Waals surface area (Å²) in [7, 11) is 1.58. The molecule has 0 bridgehead atoms. The Morgan fingerprint density at radius 1 is 1.55 bits per heavy atom. The van der Waals surface area contributed by atoms with Gasteiger partial charge in [0.15, 0.2) is 0 Å².